The molecule has 0 bridgehead atoms. The molecule has 1 saturated heterocycles. The number of rotatable bonds is 5. The Balaban J connectivity index is 0.000000508. The number of carbonyl (C=O) groups excluding carboxylic acids is 2. The summed E-state index contributed by atoms with van der Waals surface area (Å²) in [5.41, 5.74) is 3.21. The molecule has 204 valence electrons. The highest BCUT2D eigenvalue weighted by atomic mass is 32.1. The molecule has 3 N–H and O–H groups in total. The Bertz CT molecular complexity index is 1350. The van der Waals surface area contributed by atoms with Crippen LogP contribution in [-0.2, 0) is 4.79 Å². The highest BCUT2D eigenvalue weighted by Crippen LogP contribution is 2.32. The van der Waals surface area contributed by atoms with Crippen LogP contribution in [0.4, 0.5) is 20.7 Å². The van der Waals surface area contributed by atoms with E-state index in [1.54, 1.807) is 24.1 Å². The van der Waals surface area contributed by atoms with Gasteiger partial charge in [0.25, 0.3) is 0 Å². The number of amides is 3. The number of nitrogens with one attached hydrogen (secondary N) is 3. The van der Waals surface area contributed by atoms with E-state index in [0.717, 1.165) is 25.9 Å². The fourth-order valence-corrected chi connectivity index (χ4v) is 4.34. The molecule has 0 saturated carbocycles. The third-order valence-electron chi connectivity index (χ3n) is 6.34. The molecule has 2 aromatic rings. The maximum Gasteiger partial charge on any atom is 0.323 e. The van der Waals surface area contributed by atoms with Crippen LogP contribution in [0.15, 0.2) is 60.8 Å². The molecule has 2 heterocycles. The summed E-state index contributed by atoms with van der Waals surface area (Å²) in [6.45, 7) is 3.22. The van der Waals surface area contributed by atoms with E-state index >= 15 is 0 Å². The summed E-state index contributed by atoms with van der Waals surface area (Å²) in [4.78, 5) is 31.7. The number of nitrogens with zero attached hydrogens (tertiary/aromatic N) is 3. The van der Waals surface area contributed by atoms with Crippen LogP contribution in [0.2, 0.25) is 0 Å². The molecular formula is C28H31FN6O3S. The van der Waals surface area contributed by atoms with E-state index < -0.39 is 5.82 Å². The molecule has 3 aliphatic rings. The molecule has 9 nitrogen and oxygen atoms in total. The quantitative estimate of drug-likeness (QED) is 0.299. The average molecular weight is 551 g/mol. The minimum Gasteiger partial charge on any atom is -0.454 e. The van der Waals surface area contributed by atoms with Crippen LogP contribution in [-0.4, -0.2) is 65.1 Å². The lowest BCUT2D eigenvalue weighted by molar-refractivity contribution is -0.117. The standard InChI is InChI=1S/C22H27FN6O3S.C6H4/c1-14(30)25-21(33)26-15-4-5-19(18(23)12-15)32-17-6-9-24-20(13-17)27-22(31)29(3)16-7-10-28(2)11-8-16;1-2-5-4-6(5)3-1/h4-6,9,12-13,16H,7-8,10-11H2,1-3H3,(H,24,27,31)(H2,25,26,30,33);1-4H. The number of hydrogen-bond donors (Lipinski definition) is 3. The number of carbonyl (C=O) groups is 2. The number of halogens is 1. The molecule has 1 aromatic heterocycles. The van der Waals surface area contributed by atoms with E-state index in [4.69, 9.17) is 17.0 Å². The fourth-order valence-electron chi connectivity index (χ4n) is 4.07. The first-order valence-corrected chi connectivity index (χ1v) is 12.9. The van der Waals surface area contributed by atoms with Crippen molar-refractivity contribution < 1.29 is 18.7 Å². The number of thiocarbonyl (C=S) groups is 1. The summed E-state index contributed by atoms with van der Waals surface area (Å²) in [6, 6.07) is 15.7. The molecule has 1 aromatic carbocycles. The Morgan fingerprint density at radius 3 is 2.38 bits per heavy atom. The van der Waals surface area contributed by atoms with Crippen molar-refractivity contribution in [1.29, 1.82) is 0 Å². The van der Waals surface area contributed by atoms with Gasteiger partial charge in [-0.05, 0) is 80.6 Å². The van der Waals surface area contributed by atoms with Crippen LogP contribution in [0.3, 0.4) is 0 Å². The zero-order valence-corrected chi connectivity index (χ0v) is 22.8. The number of hydrogen-bond acceptors (Lipinski definition) is 6. The second-order valence-electron chi connectivity index (χ2n) is 9.42. The van der Waals surface area contributed by atoms with E-state index in [2.05, 4.69) is 57.1 Å². The number of fused-ring (bicyclic) bond motifs is 1. The first-order valence-electron chi connectivity index (χ1n) is 12.5. The van der Waals surface area contributed by atoms with Gasteiger partial charge in [0, 0.05) is 44.0 Å². The Labute approximate surface area is 232 Å². The molecule has 0 atom stereocenters. The third-order valence-corrected chi connectivity index (χ3v) is 6.55. The number of pyridine rings is 1. The largest absolute Gasteiger partial charge is 0.454 e. The maximum atomic E-state index is 14.5. The number of urea groups is 1. The van der Waals surface area contributed by atoms with Gasteiger partial charge in [0.15, 0.2) is 16.7 Å². The first kappa shape index (κ1) is 27.9. The van der Waals surface area contributed by atoms with Gasteiger partial charge in [-0.2, -0.15) is 0 Å². The number of piperidine rings is 1. The van der Waals surface area contributed by atoms with Gasteiger partial charge in [0.2, 0.25) is 5.91 Å². The summed E-state index contributed by atoms with van der Waals surface area (Å²) in [7, 11) is 3.84. The first-order chi connectivity index (χ1) is 18.7. The molecule has 0 spiro atoms. The number of likely N-dealkylation sites (tertiary alicyclic amines) is 1. The Hall–Kier alpha value is -4.09. The normalized spacial score (nSPS) is 13.8. The van der Waals surface area contributed by atoms with Crippen LogP contribution in [0.1, 0.15) is 19.8 Å². The average Bonchev–Trinajstić information content (AvgIpc) is 3.49. The Morgan fingerprint density at radius 1 is 1.08 bits per heavy atom. The Morgan fingerprint density at radius 2 is 1.79 bits per heavy atom. The van der Waals surface area contributed by atoms with Gasteiger partial charge in [0.05, 0.1) is 0 Å². The predicted octanol–water partition coefficient (Wildman–Crippen LogP) is 5.07. The highest BCUT2D eigenvalue weighted by Gasteiger charge is 2.24. The lowest BCUT2D eigenvalue weighted by atomic mass is 10.0. The van der Waals surface area contributed by atoms with Gasteiger partial charge < -0.3 is 25.2 Å². The molecule has 11 heteroatoms. The molecule has 0 unspecified atom stereocenters. The van der Waals surface area contributed by atoms with E-state index in [-0.39, 0.29) is 28.8 Å². The lowest BCUT2D eigenvalue weighted by Crippen LogP contribution is -2.46. The third kappa shape index (κ3) is 8.20. The number of benzene rings is 2. The number of anilines is 2. The van der Waals surface area contributed by atoms with Gasteiger partial charge in [-0.3, -0.25) is 10.1 Å². The van der Waals surface area contributed by atoms with Gasteiger partial charge in [-0.1, -0.05) is 18.2 Å². The maximum absolute atomic E-state index is 14.5. The monoisotopic (exact) mass is 550 g/mol. The van der Waals surface area contributed by atoms with Crippen molar-refractivity contribution in [2.24, 2.45) is 0 Å². The second kappa shape index (κ2) is 12.6. The van der Waals surface area contributed by atoms with Crippen LogP contribution in [0.25, 0.3) is 11.1 Å². The van der Waals surface area contributed by atoms with Crippen molar-refractivity contribution in [3.8, 4) is 22.6 Å². The van der Waals surface area contributed by atoms with Gasteiger partial charge in [-0.15, -0.1) is 0 Å². The summed E-state index contributed by atoms with van der Waals surface area (Å²) >= 11 is 4.96. The molecule has 2 aliphatic carbocycles. The van der Waals surface area contributed by atoms with Crippen LogP contribution < -0.4 is 20.7 Å². The number of aromatic nitrogens is 1. The van der Waals surface area contributed by atoms with Crippen molar-refractivity contribution in [3.63, 3.8) is 0 Å². The topological polar surface area (TPSA) is 98.8 Å². The van der Waals surface area contributed by atoms with Crippen molar-refractivity contribution in [2.45, 2.75) is 25.8 Å². The second-order valence-corrected chi connectivity index (χ2v) is 9.82. The smallest absolute Gasteiger partial charge is 0.323 e. The molecule has 39 heavy (non-hydrogen) atoms. The van der Waals surface area contributed by atoms with Gasteiger partial charge >= 0.3 is 6.03 Å². The molecular weight excluding hydrogens is 519 g/mol. The van der Waals surface area contributed by atoms with Gasteiger partial charge in [-0.25, -0.2) is 14.2 Å². The van der Waals surface area contributed by atoms with E-state index in [0.29, 0.717) is 17.3 Å². The van der Waals surface area contributed by atoms with Crippen molar-refractivity contribution in [1.82, 2.24) is 20.1 Å². The fraction of sp³-hybridized carbons (Fsp3) is 0.286. The molecule has 5 rings (SSSR count). The summed E-state index contributed by atoms with van der Waals surface area (Å²) in [5, 5.41) is 7.95. The zero-order chi connectivity index (χ0) is 27.9. The summed E-state index contributed by atoms with van der Waals surface area (Å²) in [6.07, 6.45) is 3.30. The minimum atomic E-state index is -0.630. The summed E-state index contributed by atoms with van der Waals surface area (Å²) < 4.78 is 20.1. The zero-order valence-electron chi connectivity index (χ0n) is 22.0. The molecule has 1 fully saturated rings. The van der Waals surface area contributed by atoms with Crippen LogP contribution >= 0.6 is 12.2 Å². The van der Waals surface area contributed by atoms with E-state index in [9.17, 15) is 14.0 Å². The summed E-state index contributed by atoms with van der Waals surface area (Å²) in [5.74, 6) is -0.355. The van der Waals surface area contributed by atoms with Crippen LogP contribution in [0, 0.1) is 5.82 Å². The lowest BCUT2D eigenvalue weighted by Gasteiger charge is -2.34. The predicted molar refractivity (Wildman–Crippen MR) is 153 cm³/mol. The van der Waals surface area contributed by atoms with Gasteiger partial charge in [0.1, 0.15) is 11.6 Å². The molecule has 3 amide bonds. The number of ether oxygens (including phenoxy) is 1. The van der Waals surface area contributed by atoms with Crippen molar-refractivity contribution in [3.05, 3.63) is 66.6 Å². The van der Waals surface area contributed by atoms with Crippen LogP contribution in [0.5, 0.6) is 11.5 Å². The van der Waals surface area contributed by atoms with E-state index in [1.165, 1.54) is 42.4 Å². The Kier molecular flexibility index (Phi) is 9.05. The van der Waals surface area contributed by atoms with E-state index in [1.807, 2.05) is 0 Å². The van der Waals surface area contributed by atoms with Crippen molar-refractivity contribution in [2.75, 3.05) is 37.8 Å². The molecule has 0 radical (unpaired) electrons. The van der Waals surface area contributed by atoms with Crippen molar-refractivity contribution >= 4 is 40.8 Å². The minimum absolute atomic E-state index is 0.0158. The molecule has 1 aliphatic heterocycles. The SMILES string of the molecule is CC(=O)NC(=S)Nc1ccc(Oc2ccnc(NC(=O)N(C)C3CCN(C)CC3)c2)c(F)c1.c1cc2cc-2c1. The highest BCUT2D eigenvalue weighted by molar-refractivity contribution is 7.80.